The van der Waals surface area contributed by atoms with Gasteiger partial charge in [-0.25, -0.2) is 9.18 Å². The summed E-state index contributed by atoms with van der Waals surface area (Å²) in [6.07, 6.45) is 1.98. The largest absolute Gasteiger partial charge is 0.444 e. The van der Waals surface area contributed by atoms with E-state index in [9.17, 15) is 14.0 Å². The number of carbonyl (C=O) groups is 2. The van der Waals surface area contributed by atoms with Gasteiger partial charge in [-0.3, -0.25) is 0 Å². The number of carbonyl (C=O) groups excluding carboxylic acids is 2. The number of para-hydroxylation sites is 1. The van der Waals surface area contributed by atoms with E-state index in [1.165, 1.54) is 6.07 Å². The minimum atomic E-state index is -0.781. The number of halogens is 1. The number of aldehydes is 1. The molecule has 1 saturated carbocycles. The van der Waals surface area contributed by atoms with Crippen LogP contribution in [0.25, 0.3) is 0 Å². The Balaban J connectivity index is 1.94. The van der Waals surface area contributed by atoms with Crippen molar-refractivity contribution >= 4 is 23.8 Å². The van der Waals surface area contributed by atoms with Crippen LogP contribution >= 0.6 is 0 Å². The van der Waals surface area contributed by atoms with E-state index in [2.05, 4.69) is 16.0 Å². The van der Waals surface area contributed by atoms with Crippen LogP contribution in [0.4, 0.5) is 20.6 Å². The van der Waals surface area contributed by atoms with Gasteiger partial charge >= 0.3 is 6.09 Å². The van der Waals surface area contributed by atoms with Crippen LogP contribution in [-0.2, 0) is 9.53 Å². The van der Waals surface area contributed by atoms with E-state index >= 15 is 0 Å². The lowest BCUT2D eigenvalue weighted by atomic mass is 10.2. The number of anilines is 2. The summed E-state index contributed by atoms with van der Waals surface area (Å²) in [6, 6.07) is 4.21. The second kappa shape index (κ2) is 7.51. The maximum Gasteiger partial charge on any atom is 0.408 e. The summed E-state index contributed by atoms with van der Waals surface area (Å²) in [4.78, 5) is 22.9. The van der Waals surface area contributed by atoms with E-state index in [0.29, 0.717) is 23.7 Å². The second-order valence-electron chi connectivity index (χ2n) is 6.85. The van der Waals surface area contributed by atoms with Crippen LogP contribution in [0.1, 0.15) is 33.6 Å². The van der Waals surface area contributed by atoms with Crippen LogP contribution in [0, 0.1) is 5.82 Å². The van der Waals surface area contributed by atoms with Gasteiger partial charge in [0.05, 0.1) is 11.4 Å². The molecule has 1 aliphatic rings. The first kappa shape index (κ1) is 18.0. The van der Waals surface area contributed by atoms with Crippen LogP contribution in [0.5, 0.6) is 0 Å². The maximum atomic E-state index is 14.0. The third-order valence-electron chi connectivity index (χ3n) is 3.32. The molecule has 1 fully saturated rings. The summed E-state index contributed by atoms with van der Waals surface area (Å²) in [7, 11) is 0. The van der Waals surface area contributed by atoms with Crippen molar-refractivity contribution in [3.05, 3.63) is 24.0 Å². The Morgan fingerprint density at radius 2 is 2.12 bits per heavy atom. The van der Waals surface area contributed by atoms with Gasteiger partial charge in [0.25, 0.3) is 0 Å². The molecule has 1 amide bonds. The molecule has 1 unspecified atom stereocenters. The summed E-state index contributed by atoms with van der Waals surface area (Å²) >= 11 is 0. The van der Waals surface area contributed by atoms with Crippen LogP contribution in [0.2, 0.25) is 0 Å². The number of alkyl carbamates (subject to hydrolysis) is 1. The van der Waals surface area contributed by atoms with Gasteiger partial charge in [0.15, 0.2) is 0 Å². The highest BCUT2D eigenvalue weighted by Gasteiger charge is 2.24. The maximum absolute atomic E-state index is 14.0. The molecule has 7 heteroatoms. The van der Waals surface area contributed by atoms with Crippen molar-refractivity contribution in [1.29, 1.82) is 0 Å². The highest BCUT2D eigenvalue weighted by atomic mass is 19.1. The van der Waals surface area contributed by atoms with Gasteiger partial charge in [-0.1, -0.05) is 6.07 Å². The zero-order valence-electron chi connectivity index (χ0n) is 14.2. The molecule has 6 nitrogen and oxygen atoms in total. The number of ether oxygens (including phenoxy) is 1. The fourth-order valence-corrected chi connectivity index (χ4v) is 2.06. The molecule has 1 aliphatic carbocycles. The van der Waals surface area contributed by atoms with Crippen LogP contribution in [-0.4, -0.2) is 36.6 Å². The third kappa shape index (κ3) is 5.72. The van der Waals surface area contributed by atoms with Gasteiger partial charge in [-0.05, 0) is 45.7 Å². The molecule has 0 aromatic heterocycles. The van der Waals surface area contributed by atoms with Crippen molar-refractivity contribution in [2.45, 2.75) is 51.3 Å². The molecule has 0 saturated heterocycles. The molecule has 0 aliphatic heterocycles. The molecule has 1 atom stereocenters. The molecule has 1 aromatic rings. The lowest BCUT2D eigenvalue weighted by molar-refractivity contribution is -0.109. The Kier molecular flexibility index (Phi) is 5.64. The molecule has 0 spiro atoms. The lowest BCUT2D eigenvalue weighted by Gasteiger charge is -2.22. The second-order valence-corrected chi connectivity index (χ2v) is 6.85. The van der Waals surface area contributed by atoms with Crippen molar-refractivity contribution in [3.8, 4) is 0 Å². The highest BCUT2D eigenvalue weighted by Crippen LogP contribution is 2.31. The Bertz CT molecular complexity index is 597. The van der Waals surface area contributed by atoms with Gasteiger partial charge in [-0.2, -0.15) is 0 Å². The molecule has 0 radical (unpaired) electrons. The predicted molar refractivity (Wildman–Crippen MR) is 90.8 cm³/mol. The summed E-state index contributed by atoms with van der Waals surface area (Å²) in [5.41, 5.74) is 0.302. The van der Waals surface area contributed by atoms with Crippen molar-refractivity contribution in [2.24, 2.45) is 0 Å². The van der Waals surface area contributed by atoms with Gasteiger partial charge in [-0.15, -0.1) is 0 Å². The quantitative estimate of drug-likeness (QED) is 0.667. The average Bonchev–Trinajstić information content (AvgIpc) is 3.28. The van der Waals surface area contributed by atoms with Crippen molar-refractivity contribution in [2.75, 3.05) is 17.2 Å². The zero-order valence-corrected chi connectivity index (χ0v) is 14.2. The molecule has 2 rings (SSSR count). The number of rotatable bonds is 7. The molecular weight excluding hydrogens is 313 g/mol. The minimum absolute atomic E-state index is 0.130. The molecular formula is C17H24FN3O3. The normalized spacial score (nSPS) is 15.3. The Morgan fingerprint density at radius 1 is 1.42 bits per heavy atom. The Hall–Kier alpha value is -2.31. The number of hydrogen-bond donors (Lipinski definition) is 3. The van der Waals surface area contributed by atoms with E-state index in [-0.39, 0.29) is 12.4 Å². The molecule has 0 bridgehead atoms. The fraction of sp³-hybridized carbons (Fsp3) is 0.529. The Morgan fingerprint density at radius 3 is 2.71 bits per heavy atom. The molecule has 1 aromatic carbocycles. The van der Waals surface area contributed by atoms with Crippen molar-refractivity contribution < 1.29 is 18.7 Å². The molecule has 24 heavy (non-hydrogen) atoms. The molecule has 0 heterocycles. The SMILES string of the molecule is CC(C)(C)OC(=O)NC(C=O)CNc1cccc(F)c1NC1CC1. The highest BCUT2D eigenvalue weighted by molar-refractivity contribution is 5.75. The monoisotopic (exact) mass is 337 g/mol. The van der Waals surface area contributed by atoms with Crippen LogP contribution < -0.4 is 16.0 Å². The number of amides is 1. The van der Waals surface area contributed by atoms with E-state index in [4.69, 9.17) is 4.74 Å². The first-order valence-corrected chi connectivity index (χ1v) is 8.02. The topological polar surface area (TPSA) is 79.5 Å². The van der Waals surface area contributed by atoms with Gasteiger partial charge in [0.1, 0.15) is 23.7 Å². The summed E-state index contributed by atoms with van der Waals surface area (Å²) in [5.74, 6) is -0.352. The predicted octanol–water partition coefficient (Wildman–Crippen LogP) is 2.90. The van der Waals surface area contributed by atoms with Gasteiger partial charge < -0.3 is 25.5 Å². The van der Waals surface area contributed by atoms with E-state index in [1.54, 1.807) is 32.9 Å². The smallest absolute Gasteiger partial charge is 0.408 e. The average molecular weight is 337 g/mol. The first-order valence-electron chi connectivity index (χ1n) is 8.02. The minimum Gasteiger partial charge on any atom is -0.444 e. The summed E-state index contributed by atoms with van der Waals surface area (Å²) in [5, 5.41) is 8.61. The number of benzene rings is 1. The fourth-order valence-electron chi connectivity index (χ4n) is 2.06. The Labute approximate surface area is 141 Å². The van der Waals surface area contributed by atoms with E-state index < -0.39 is 17.7 Å². The van der Waals surface area contributed by atoms with Crippen molar-refractivity contribution in [3.63, 3.8) is 0 Å². The first-order chi connectivity index (χ1) is 11.3. The zero-order chi connectivity index (χ0) is 17.7. The van der Waals surface area contributed by atoms with Crippen LogP contribution in [0.3, 0.4) is 0 Å². The van der Waals surface area contributed by atoms with Gasteiger partial charge in [0, 0.05) is 12.6 Å². The van der Waals surface area contributed by atoms with E-state index in [0.717, 1.165) is 12.8 Å². The van der Waals surface area contributed by atoms with Crippen LogP contribution in [0.15, 0.2) is 18.2 Å². The van der Waals surface area contributed by atoms with Gasteiger partial charge in [0.2, 0.25) is 0 Å². The molecule has 132 valence electrons. The standard InChI is InChI=1S/C17H24FN3O3/c1-17(2,3)24-16(23)21-12(10-22)9-19-14-6-4-5-13(18)15(14)20-11-7-8-11/h4-6,10-12,19-20H,7-9H2,1-3H3,(H,21,23). The van der Waals surface area contributed by atoms with Crippen molar-refractivity contribution in [1.82, 2.24) is 5.32 Å². The lowest BCUT2D eigenvalue weighted by Crippen LogP contribution is -2.43. The summed E-state index contributed by atoms with van der Waals surface area (Å²) < 4.78 is 19.1. The third-order valence-corrected chi connectivity index (χ3v) is 3.32. The number of nitrogens with one attached hydrogen (secondary N) is 3. The number of hydrogen-bond acceptors (Lipinski definition) is 5. The van der Waals surface area contributed by atoms with E-state index in [1.807, 2.05) is 0 Å². The molecule has 3 N–H and O–H groups in total. The summed E-state index contributed by atoms with van der Waals surface area (Å²) in [6.45, 7) is 5.35.